The molecule has 0 saturated carbocycles. The van der Waals surface area contributed by atoms with Crippen molar-refractivity contribution in [3.8, 4) is 11.4 Å². The topological polar surface area (TPSA) is 17.8 Å². The van der Waals surface area contributed by atoms with E-state index in [1.165, 1.54) is 22.2 Å². The van der Waals surface area contributed by atoms with Crippen molar-refractivity contribution in [2.45, 2.75) is 13.8 Å². The van der Waals surface area contributed by atoms with Crippen molar-refractivity contribution in [2.75, 3.05) is 0 Å². The van der Waals surface area contributed by atoms with Crippen molar-refractivity contribution in [1.29, 1.82) is 0 Å². The fourth-order valence-electron chi connectivity index (χ4n) is 2.36. The molecule has 0 aliphatic rings. The van der Waals surface area contributed by atoms with E-state index in [9.17, 15) is 0 Å². The second-order valence-electron chi connectivity index (χ2n) is 4.80. The predicted molar refractivity (Wildman–Crippen MR) is 75.6 cm³/mol. The summed E-state index contributed by atoms with van der Waals surface area (Å²) in [5.74, 6) is 1.04. The fourth-order valence-corrected chi connectivity index (χ4v) is 2.36. The highest BCUT2D eigenvalue weighted by Crippen LogP contribution is 2.26. The van der Waals surface area contributed by atoms with E-state index in [2.05, 4.69) is 67.9 Å². The van der Waals surface area contributed by atoms with Crippen molar-refractivity contribution >= 4 is 11.0 Å². The highest BCUT2D eigenvalue weighted by Gasteiger charge is 2.11. The summed E-state index contributed by atoms with van der Waals surface area (Å²) in [5.41, 5.74) is 5.97. The molecule has 0 spiro atoms. The smallest absolute Gasteiger partial charge is 0.141 e. The maximum atomic E-state index is 4.75. The van der Waals surface area contributed by atoms with Gasteiger partial charge in [0.1, 0.15) is 5.82 Å². The van der Waals surface area contributed by atoms with Crippen LogP contribution in [0.2, 0.25) is 0 Å². The van der Waals surface area contributed by atoms with Crippen molar-refractivity contribution in [1.82, 2.24) is 9.55 Å². The molecule has 0 radical (unpaired) electrons. The zero-order chi connectivity index (χ0) is 12.7. The zero-order valence-electron chi connectivity index (χ0n) is 10.9. The van der Waals surface area contributed by atoms with Crippen molar-refractivity contribution in [2.24, 2.45) is 7.05 Å². The van der Waals surface area contributed by atoms with Crippen LogP contribution in [0.15, 0.2) is 42.5 Å². The van der Waals surface area contributed by atoms with Gasteiger partial charge in [-0.05, 0) is 37.1 Å². The first-order valence-corrected chi connectivity index (χ1v) is 6.16. The summed E-state index contributed by atoms with van der Waals surface area (Å²) < 4.78 is 2.17. The van der Waals surface area contributed by atoms with Crippen LogP contribution in [-0.2, 0) is 7.05 Å². The second kappa shape index (κ2) is 3.98. The van der Waals surface area contributed by atoms with Crippen LogP contribution in [0, 0.1) is 13.8 Å². The minimum Gasteiger partial charge on any atom is -0.327 e. The molecule has 0 fully saturated rings. The lowest BCUT2D eigenvalue weighted by Crippen LogP contribution is -1.94. The molecule has 2 aromatic carbocycles. The molecule has 3 aromatic rings. The van der Waals surface area contributed by atoms with E-state index in [4.69, 9.17) is 4.98 Å². The molecule has 0 amide bonds. The number of benzene rings is 2. The number of aryl methyl sites for hydroxylation is 3. The molecular weight excluding hydrogens is 220 g/mol. The minimum absolute atomic E-state index is 1.04. The summed E-state index contributed by atoms with van der Waals surface area (Å²) in [6.07, 6.45) is 0. The van der Waals surface area contributed by atoms with Crippen LogP contribution in [0.25, 0.3) is 22.4 Å². The van der Waals surface area contributed by atoms with Gasteiger partial charge < -0.3 is 4.57 Å². The Bertz CT molecular complexity index is 723. The second-order valence-corrected chi connectivity index (χ2v) is 4.80. The molecule has 0 aliphatic heterocycles. The first-order valence-electron chi connectivity index (χ1n) is 6.16. The zero-order valence-corrected chi connectivity index (χ0v) is 10.9. The maximum Gasteiger partial charge on any atom is 0.141 e. The lowest BCUT2D eigenvalue weighted by atomic mass is 10.1. The van der Waals surface area contributed by atoms with E-state index in [0.29, 0.717) is 0 Å². The quantitative estimate of drug-likeness (QED) is 0.627. The molecule has 0 atom stereocenters. The molecule has 0 saturated heterocycles. The van der Waals surface area contributed by atoms with Crippen LogP contribution in [0.5, 0.6) is 0 Å². The predicted octanol–water partition coefficient (Wildman–Crippen LogP) is 3.86. The lowest BCUT2D eigenvalue weighted by Gasteiger charge is -2.05. The number of hydrogen-bond acceptors (Lipinski definition) is 1. The van der Waals surface area contributed by atoms with Gasteiger partial charge in [-0.3, -0.25) is 0 Å². The Morgan fingerprint density at radius 1 is 1.00 bits per heavy atom. The van der Waals surface area contributed by atoms with E-state index < -0.39 is 0 Å². The number of nitrogens with zero attached hydrogens (tertiary/aromatic N) is 2. The molecule has 0 N–H and O–H groups in total. The van der Waals surface area contributed by atoms with E-state index in [1.54, 1.807) is 0 Å². The average Bonchev–Trinajstić information content (AvgIpc) is 2.68. The van der Waals surface area contributed by atoms with E-state index in [-0.39, 0.29) is 0 Å². The normalized spacial score (nSPS) is 11.1. The SMILES string of the molecule is Cc1ccc2nc(-c3ccccc3C)n(C)c2c1. The van der Waals surface area contributed by atoms with Gasteiger partial charge in [0, 0.05) is 12.6 Å². The van der Waals surface area contributed by atoms with Crippen LogP contribution < -0.4 is 0 Å². The van der Waals surface area contributed by atoms with Gasteiger partial charge in [-0.15, -0.1) is 0 Å². The first kappa shape index (κ1) is 11.0. The third-order valence-corrected chi connectivity index (χ3v) is 3.42. The molecule has 0 bridgehead atoms. The molecular formula is C16H16N2. The van der Waals surface area contributed by atoms with Crippen LogP contribution in [0.3, 0.4) is 0 Å². The van der Waals surface area contributed by atoms with E-state index in [0.717, 1.165) is 11.3 Å². The summed E-state index contributed by atoms with van der Waals surface area (Å²) in [6.45, 7) is 4.24. The lowest BCUT2D eigenvalue weighted by molar-refractivity contribution is 0.957. The molecule has 90 valence electrons. The number of imidazole rings is 1. The van der Waals surface area contributed by atoms with E-state index >= 15 is 0 Å². The maximum absolute atomic E-state index is 4.75. The summed E-state index contributed by atoms with van der Waals surface area (Å²) >= 11 is 0. The third kappa shape index (κ3) is 1.61. The van der Waals surface area contributed by atoms with Crippen LogP contribution in [0.1, 0.15) is 11.1 Å². The Kier molecular flexibility index (Phi) is 2.44. The number of fused-ring (bicyclic) bond motifs is 1. The Morgan fingerprint density at radius 3 is 2.56 bits per heavy atom. The summed E-state index contributed by atoms with van der Waals surface area (Å²) in [4.78, 5) is 4.75. The Morgan fingerprint density at radius 2 is 1.78 bits per heavy atom. The summed E-state index contributed by atoms with van der Waals surface area (Å²) in [5, 5.41) is 0. The van der Waals surface area contributed by atoms with Gasteiger partial charge in [0.25, 0.3) is 0 Å². The van der Waals surface area contributed by atoms with E-state index in [1.807, 2.05) is 0 Å². The molecule has 2 nitrogen and oxygen atoms in total. The van der Waals surface area contributed by atoms with Crippen LogP contribution >= 0.6 is 0 Å². The van der Waals surface area contributed by atoms with Gasteiger partial charge >= 0.3 is 0 Å². The van der Waals surface area contributed by atoms with Crippen LogP contribution in [0.4, 0.5) is 0 Å². The average molecular weight is 236 g/mol. The summed E-state index contributed by atoms with van der Waals surface area (Å²) in [7, 11) is 2.08. The molecule has 3 rings (SSSR count). The van der Waals surface area contributed by atoms with Crippen LogP contribution in [-0.4, -0.2) is 9.55 Å². The molecule has 1 heterocycles. The summed E-state index contributed by atoms with van der Waals surface area (Å²) in [6, 6.07) is 14.8. The Balaban J connectivity index is 2.31. The van der Waals surface area contributed by atoms with Crippen molar-refractivity contribution in [3.05, 3.63) is 53.6 Å². The van der Waals surface area contributed by atoms with Gasteiger partial charge in [-0.25, -0.2) is 4.98 Å². The molecule has 1 aromatic heterocycles. The fraction of sp³-hybridized carbons (Fsp3) is 0.188. The van der Waals surface area contributed by atoms with Gasteiger partial charge in [-0.2, -0.15) is 0 Å². The monoisotopic (exact) mass is 236 g/mol. The third-order valence-electron chi connectivity index (χ3n) is 3.42. The minimum atomic E-state index is 1.04. The largest absolute Gasteiger partial charge is 0.327 e. The van der Waals surface area contributed by atoms with Gasteiger partial charge in [0.15, 0.2) is 0 Å². The Hall–Kier alpha value is -2.09. The number of hydrogen-bond donors (Lipinski definition) is 0. The molecule has 2 heteroatoms. The Labute approximate surface area is 107 Å². The van der Waals surface area contributed by atoms with Crippen molar-refractivity contribution < 1.29 is 0 Å². The van der Waals surface area contributed by atoms with Gasteiger partial charge in [0.05, 0.1) is 11.0 Å². The van der Waals surface area contributed by atoms with Crippen molar-refractivity contribution in [3.63, 3.8) is 0 Å². The molecule has 0 unspecified atom stereocenters. The van der Waals surface area contributed by atoms with Gasteiger partial charge in [-0.1, -0.05) is 30.3 Å². The highest BCUT2D eigenvalue weighted by atomic mass is 15.1. The highest BCUT2D eigenvalue weighted by molar-refractivity contribution is 5.81. The molecule has 18 heavy (non-hydrogen) atoms. The molecule has 0 aliphatic carbocycles. The standard InChI is InChI=1S/C16H16N2/c1-11-8-9-14-15(10-11)18(3)16(17-14)13-7-5-4-6-12(13)2/h4-10H,1-3H3. The van der Waals surface area contributed by atoms with Gasteiger partial charge in [0.2, 0.25) is 0 Å². The first-order chi connectivity index (χ1) is 8.66. The number of aromatic nitrogens is 2. The number of rotatable bonds is 1.